The number of methoxy groups -OCH3 is 1. The molecule has 1 amide bonds. The molecule has 0 N–H and O–H groups in total. The Bertz CT molecular complexity index is 1010. The van der Waals surface area contributed by atoms with Crippen molar-refractivity contribution in [1.29, 1.82) is 0 Å². The summed E-state index contributed by atoms with van der Waals surface area (Å²) in [6.45, 7) is 5.59. The first-order valence-corrected chi connectivity index (χ1v) is 11.9. The van der Waals surface area contributed by atoms with Gasteiger partial charge in [-0.25, -0.2) is 4.98 Å². The van der Waals surface area contributed by atoms with Crippen LogP contribution in [0, 0.1) is 0 Å². The molecular formula is C23H26N2O3S2. The van der Waals surface area contributed by atoms with Crippen molar-refractivity contribution >= 4 is 44.4 Å². The second-order valence-corrected chi connectivity index (χ2v) is 10.2. The molecule has 1 aliphatic heterocycles. The average Bonchev–Trinajstić information content (AvgIpc) is 3.40. The van der Waals surface area contributed by atoms with Gasteiger partial charge < -0.3 is 9.47 Å². The maximum atomic E-state index is 13.5. The van der Waals surface area contributed by atoms with E-state index in [0.29, 0.717) is 22.5 Å². The van der Waals surface area contributed by atoms with Gasteiger partial charge in [-0.05, 0) is 49.2 Å². The van der Waals surface area contributed by atoms with Crippen LogP contribution in [0.25, 0.3) is 10.2 Å². The lowest BCUT2D eigenvalue weighted by molar-refractivity contribution is 0.0917. The summed E-state index contributed by atoms with van der Waals surface area (Å²) >= 11 is 3.31. The second-order valence-electron chi connectivity index (χ2n) is 7.57. The summed E-state index contributed by atoms with van der Waals surface area (Å²) in [5, 5.41) is 1.20. The number of aromatic nitrogens is 1. The van der Waals surface area contributed by atoms with Gasteiger partial charge in [0.05, 0.1) is 30.0 Å². The van der Waals surface area contributed by atoms with Crippen molar-refractivity contribution in [3.8, 4) is 5.75 Å². The van der Waals surface area contributed by atoms with Crippen LogP contribution >= 0.6 is 23.1 Å². The number of thiazole rings is 1. The molecule has 3 aromatic rings. The lowest BCUT2D eigenvalue weighted by Crippen LogP contribution is -2.37. The third-order valence-corrected chi connectivity index (χ3v) is 7.02. The van der Waals surface area contributed by atoms with Crippen LogP contribution in [-0.2, 0) is 4.74 Å². The molecule has 5 nitrogen and oxygen atoms in total. The number of benzene rings is 2. The van der Waals surface area contributed by atoms with E-state index in [1.165, 1.54) is 16.2 Å². The first-order chi connectivity index (χ1) is 14.5. The molecule has 2 aromatic carbocycles. The Hall–Kier alpha value is -2.09. The van der Waals surface area contributed by atoms with Gasteiger partial charge in [0.1, 0.15) is 5.75 Å². The lowest BCUT2D eigenvalue weighted by Gasteiger charge is -2.23. The Balaban J connectivity index is 1.64. The molecule has 0 bridgehead atoms. The fraction of sp³-hybridized carbons (Fsp3) is 0.391. The number of amides is 1. The van der Waals surface area contributed by atoms with Gasteiger partial charge >= 0.3 is 0 Å². The number of thioether (sulfide) groups is 1. The quantitative estimate of drug-likeness (QED) is 0.444. The third kappa shape index (κ3) is 4.79. The largest absolute Gasteiger partial charge is 0.497 e. The van der Waals surface area contributed by atoms with Gasteiger partial charge in [0.25, 0.3) is 5.91 Å². The molecule has 158 valence electrons. The van der Waals surface area contributed by atoms with E-state index in [9.17, 15) is 4.79 Å². The zero-order valence-electron chi connectivity index (χ0n) is 17.5. The zero-order chi connectivity index (χ0) is 21.1. The molecule has 0 radical (unpaired) electrons. The first-order valence-electron chi connectivity index (χ1n) is 10.2. The highest BCUT2D eigenvalue weighted by atomic mass is 32.2. The highest BCUT2D eigenvalue weighted by molar-refractivity contribution is 7.99. The van der Waals surface area contributed by atoms with Gasteiger partial charge in [-0.2, -0.15) is 0 Å². The van der Waals surface area contributed by atoms with Gasteiger partial charge in [-0.15, -0.1) is 11.8 Å². The van der Waals surface area contributed by atoms with E-state index in [1.807, 2.05) is 42.5 Å². The molecule has 0 saturated carbocycles. The number of ether oxygens (including phenoxy) is 2. The molecule has 1 unspecified atom stereocenters. The molecule has 1 aliphatic rings. The number of carbonyl (C=O) groups is 1. The van der Waals surface area contributed by atoms with Crippen LogP contribution < -0.4 is 9.64 Å². The minimum atomic E-state index is -0.0439. The number of nitrogens with zero attached hydrogens (tertiary/aromatic N) is 2. The predicted octanol–water partition coefficient (Wildman–Crippen LogP) is 5.63. The molecule has 0 aliphatic carbocycles. The monoisotopic (exact) mass is 442 g/mol. The van der Waals surface area contributed by atoms with Crippen molar-refractivity contribution in [2.45, 2.75) is 42.9 Å². The van der Waals surface area contributed by atoms with Crippen molar-refractivity contribution in [2.75, 3.05) is 25.2 Å². The minimum absolute atomic E-state index is 0.0439. The van der Waals surface area contributed by atoms with Crippen LogP contribution in [-0.4, -0.2) is 42.5 Å². The highest BCUT2D eigenvalue weighted by Gasteiger charge is 2.27. The van der Waals surface area contributed by atoms with Crippen LogP contribution in [0.4, 0.5) is 5.13 Å². The molecular weight excluding hydrogens is 416 g/mol. The molecule has 2 heterocycles. The summed E-state index contributed by atoms with van der Waals surface area (Å²) in [5.41, 5.74) is 1.50. The fourth-order valence-corrected chi connectivity index (χ4v) is 5.27. The van der Waals surface area contributed by atoms with E-state index < -0.39 is 0 Å². The maximum Gasteiger partial charge on any atom is 0.260 e. The van der Waals surface area contributed by atoms with Crippen molar-refractivity contribution in [3.63, 3.8) is 0 Å². The number of fused-ring (bicyclic) bond motifs is 1. The standard InChI is InChI=1S/C23H26N2O3S2/c1-15(2)29-19-9-6-16(7-10-19)22(26)25(14-18-5-4-12-28-18)23-24-20-13-17(27-3)8-11-21(20)30-23/h6-11,13,15,18H,4-5,12,14H2,1-3H3. The lowest BCUT2D eigenvalue weighted by atomic mass is 10.2. The Morgan fingerprint density at radius 3 is 2.77 bits per heavy atom. The Kier molecular flexibility index (Phi) is 6.61. The number of rotatable bonds is 7. The average molecular weight is 443 g/mol. The van der Waals surface area contributed by atoms with Crippen LogP contribution in [0.5, 0.6) is 5.75 Å². The minimum Gasteiger partial charge on any atom is -0.497 e. The summed E-state index contributed by atoms with van der Waals surface area (Å²) in [6.07, 6.45) is 2.04. The van der Waals surface area contributed by atoms with Gasteiger partial charge in [-0.3, -0.25) is 9.69 Å². The molecule has 1 saturated heterocycles. The van der Waals surface area contributed by atoms with Crippen molar-refractivity contribution in [2.24, 2.45) is 0 Å². The molecule has 30 heavy (non-hydrogen) atoms. The molecule has 4 rings (SSSR count). The van der Waals surface area contributed by atoms with Crippen molar-refractivity contribution in [3.05, 3.63) is 48.0 Å². The van der Waals surface area contributed by atoms with E-state index in [-0.39, 0.29) is 12.0 Å². The van der Waals surface area contributed by atoms with Gasteiger partial charge in [0.2, 0.25) is 0 Å². The van der Waals surface area contributed by atoms with Gasteiger partial charge in [0, 0.05) is 28.4 Å². The number of anilines is 1. The molecule has 0 spiro atoms. The number of hydrogen-bond acceptors (Lipinski definition) is 6. The topological polar surface area (TPSA) is 51.7 Å². The Morgan fingerprint density at radius 1 is 1.30 bits per heavy atom. The summed E-state index contributed by atoms with van der Waals surface area (Å²) in [6, 6.07) is 13.7. The highest BCUT2D eigenvalue weighted by Crippen LogP contribution is 2.33. The first kappa shape index (κ1) is 21.2. The van der Waals surface area contributed by atoms with Crippen molar-refractivity contribution in [1.82, 2.24) is 4.98 Å². The van der Waals surface area contributed by atoms with Crippen LogP contribution in [0.15, 0.2) is 47.4 Å². The SMILES string of the molecule is COc1ccc2sc(N(CC3CCCO3)C(=O)c3ccc(SC(C)C)cc3)nc2c1. The predicted molar refractivity (Wildman–Crippen MR) is 124 cm³/mol. The van der Waals surface area contributed by atoms with E-state index in [1.54, 1.807) is 23.8 Å². The zero-order valence-corrected chi connectivity index (χ0v) is 19.1. The molecule has 7 heteroatoms. The molecule has 1 fully saturated rings. The maximum absolute atomic E-state index is 13.5. The van der Waals surface area contributed by atoms with Gasteiger partial charge in [-0.1, -0.05) is 25.2 Å². The summed E-state index contributed by atoms with van der Waals surface area (Å²) < 4.78 is 12.2. The molecule has 1 atom stereocenters. The van der Waals surface area contributed by atoms with E-state index >= 15 is 0 Å². The fourth-order valence-electron chi connectivity index (χ4n) is 3.48. The third-order valence-electron chi connectivity index (χ3n) is 4.94. The van der Waals surface area contributed by atoms with Crippen LogP contribution in [0.3, 0.4) is 0 Å². The Morgan fingerprint density at radius 2 is 2.10 bits per heavy atom. The van der Waals surface area contributed by atoms with Crippen LogP contribution in [0.2, 0.25) is 0 Å². The molecule has 1 aromatic heterocycles. The number of carbonyl (C=O) groups excluding carboxylic acids is 1. The Labute approximate surface area is 185 Å². The smallest absolute Gasteiger partial charge is 0.260 e. The van der Waals surface area contributed by atoms with Gasteiger partial charge in [0.15, 0.2) is 5.13 Å². The van der Waals surface area contributed by atoms with E-state index in [2.05, 4.69) is 13.8 Å². The summed E-state index contributed by atoms with van der Waals surface area (Å²) in [7, 11) is 1.64. The van der Waals surface area contributed by atoms with E-state index in [4.69, 9.17) is 14.5 Å². The summed E-state index contributed by atoms with van der Waals surface area (Å²) in [4.78, 5) is 21.2. The van der Waals surface area contributed by atoms with Crippen LogP contribution in [0.1, 0.15) is 37.0 Å². The second kappa shape index (κ2) is 9.37. The van der Waals surface area contributed by atoms with E-state index in [0.717, 1.165) is 35.4 Å². The number of hydrogen-bond donors (Lipinski definition) is 0. The van der Waals surface area contributed by atoms with Crippen molar-refractivity contribution < 1.29 is 14.3 Å². The normalized spacial score (nSPS) is 16.3. The summed E-state index contributed by atoms with van der Waals surface area (Å²) in [5.74, 6) is 0.715.